The van der Waals surface area contributed by atoms with Crippen LogP contribution in [0.5, 0.6) is 0 Å². The molecular weight excluding hydrogens is 170 g/mol. The van der Waals surface area contributed by atoms with Crippen LogP contribution in [-0.2, 0) is 0 Å². The average Bonchev–Trinajstić information content (AvgIpc) is 2.28. The van der Waals surface area contributed by atoms with Crippen molar-refractivity contribution in [3.8, 4) is 0 Å². The molecule has 0 aromatic heterocycles. The second kappa shape index (κ2) is 5.79. The highest BCUT2D eigenvalue weighted by Gasteiger charge is 2.04. The van der Waals surface area contributed by atoms with E-state index < -0.39 is 0 Å². The van der Waals surface area contributed by atoms with Gasteiger partial charge in [0.1, 0.15) is 0 Å². The third-order valence-electron chi connectivity index (χ3n) is 2.92. The van der Waals surface area contributed by atoms with E-state index in [2.05, 4.69) is 31.8 Å². The highest BCUT2D eigenvalue weighted by molar-refractivity contribution is 5.72. The summed E-state index contributed by atoms with van der Waals surface area (Å²) in [6.45, 7) is 7.59. The van der Waals surface area contributed by atoms with Crippen molar-refractivity contribution in [1.29, 1.82) is 0 Å². The molecular formula is C13H21N. The molecule has 0 aromatic rings. The molecule has 0 aromatic carbocycles. The van der Waals surface area contributed by atoms with Crippen molar-refractivity contribution in [2.45, 2.75) is 46.5 Å². The highest BCUT2D eigenvalue weighted by Crippen LogP contribution is 2.21. The van der Waals surface area contributed by atoms with Gasteiger partial charge in [-0.25, -0.2) is 0 Å². The molecule has 0 fully saturated rings. The largest absolute Gasteiger partial charge is 0.289 e. The fourth-order valence-electron chi connectivity index (χ4n) is 1.85. The third-order valence-corrected chi connectivity index (χ3v) is 2.92. The molecule has 0 saturated heterocycles. The molecule has 0 spiro atoms. The third kappa shape index (κ3) is 3.13. The Morgan fingerprint density at radius 2 is 1.86 bits per heavy atom. The van der Waals surface area contributed by atoms with E-state index in [4.69, 9.17) is 0 Å². The second-order valence-electron chi connectivity index (χ2n) is 3.92. The van der Waals surface area contributed by atoms with Gasteiger partial charge in [0.2, 0.25) is 0 Å². The van der Waals surface area contributed by atoms with Gasteiger partial charge in [-0.1, -0.05) is 25.0 Å². The lowest BCUT2D eigenvalue weighted by Gasteiger charge is -2.10. The first-order chi connectivity index (χ1) is 6.77. The molecule has 1 aliphatic rings. The minimum Gasteiger partial charge on any atom is -0.289 e. The summed E-state index contributed by atoms with van der Waals surface area (Å²) in [6, 6.07) is 0. The molecule has 0 bridgehead atoms. The van der Waals surface area contributed by atoms with Crippen LogP contribution in [0.1, 0.15) is 46.5 Å². The fourth-order valence-corrected chi connectivity index (χ4v) is 1.85. The van der Waals surface area contributed by atoms with Gasteiger partial charge in [0, 0.05) is 6.21 Å². The zero-order chi connectivity index (χ0) is 10.4. The van der Waals surface area contributed by atoms with Crippen molar-refractivity contribution < 1.29 is 0 Å². The summed E-state index contributed by atoms with van der Waals surface area (Å²) in [5, 5.41) is 0. The number of nitrogens with zero attached hydrogens (tertiary/aromatic N) is 1. The van der Waals surface area contributed by atoms with E-state index in [-0.39, 0.29) is 0 Å². The van der Waals surface area contributed by atoms with E-state index in [9.17, 15) is 0 Å². The first kappa shape index (κ1) is 11.2. The van der Waals surface area contributed by atoms with E-state index in [0.29, 0.717) is 0 Å². The summed E-state index contributed by atoms with van der Waals surface area (Å²) in [7, 11) is 0. The van der Waals surface area contributed by atoms with Crippen LogP contribution >= 0.6 is 0 Å². The summed E-state index contributed by atoms with van der Waals surface area (Å²) in [4.78, 5) is 4.43. The van der Waals surface area contributed by atoms with Crippen LogP contribution in [0.25, 0.3) is 0 Å². The standard InChI is InChI=1S/C13H21N/c1-4-12-7-6-11(3)8-9-14-10-13(12)5-2/h8-9H,4-7,10H2,1-3H3/b11-8-,13-12-,14-9-. The number of aliphatic imine (C=N–C) groups is 1. The lowest BCUT2D eigenvalue weighted by Crippen LogP contribution is -1.95. The van der Waals surface area contributed by atoms with Crippen LogP contribution in [-0.4, -0.2) is 12.8 Å². The molecule has 1 nitrogen and oxygen atoms in total. The Kier molecular flexibility index (Phi) is 4.64. The maximum atomic E-state index is 4.43. The van der Waals surface area contributed by atoms with Gasteiger partial charge in [0.15, 0.2) is 0 Å². The maximum Gasteiger partial charge on any atom is 0.0602 e. The Labute approximate surface area is 87.6 Å². The topological polar surface area (TPSA) is 12.4 Å². The van der Waals surface area contributed by atoms with Crippen LogP contribution < -0.4 is 0 Å². The smallest absolute Gasteiger partial charge is 0.0602 e. The predicted octanol–water partition coefficient (Wildman–Crippen LogP) is 3.91. The summed E-state index contributed by atoms with van der Waals surface area (Å²) in [5.41, 5.74) is 4.61. The Balaban J connectivity index is 2.84. The van der Waals surface area contributed by atoms with Gasteiger partial charge in [-0.15, -0.1) is 0 Å². The van der Waals surface area contributed by atoms with Crippen molar-refractivity contribution >= 4 is 6.21 Å². The van der Waals surface area contributed by atoms with Crippen molar-refractivity contribution in [2.24, 2.45) is 4.99 Å². The van der Waals surface area contributed by atoms with Crippen molar-refractivity contribution in [3.05, 3.63) is 22.8 Å². The number of hydrogen-bond acceptors (Lipinski definition) is 1. The maximum absolute atomic E-state index is 4.43. The summed E-state index contributed by atoms with van der Waals surface area (Å²) in [6.07, 6.45) is 8.87. The zero-order valence-electron chi connectivity index (χ0n) is 9.64. The molecule has 0 amide bonds. The molecule has 1 heteroatoms. The second-order valence-corrected chi connectivity index (χ2v) is 3.92. The molecule has 1 rings (SSSR count). The van der Waals surface area contributed by atoms with Crippen LogP contribution in [0.3, 0.4) is 0 Å². The van der Waals surface area contributed by atoms with Crippen molar-refractivity contribution in [2.75, 3.05) is 6.54 Å². The quantitative estimate of drug-likeness (QED) is 0.587. The average molecular weight is 191 g/mol. The Hall–Kier alpha value is -0.850. The van der Waals surface area contributed by atoms with Gasteiger partial charge in [-0.3, -0.25) is 4.99 Å². The summed E-state index contributed by atoms with van der Waals surface area (Å²) < 4.78 is 0. The van der Waals surface area contributed by atoms with Crippen molar-refractivity contribution in [3.63, 3.8) is 0 Å². The molecule has 0 aliphatic carbocycles. The van der Waals surface area contributed by atoms with Gasteiger partial charge in [-0.05, 0) is 44.3 Å². The normalized spacial score (nSPS) is 29.8. The fraction of sp³-hybridized carbons (Fsp3) is 0.615. The van der Waals surface area contributed by atoms with E-state index in [1.165, 1.54) is 24.8 Å². The minimum atomic E-state index is 0.906. The molecule has 0 N–H and O–H groups in total. The molecule has 0 atom stereocenters. The monoisotopic (exact) mass is 191 g/mol. The van der Waals surface area contributed by atoms with Gasteiger partial charge in [0.25, 0.3) is 0 Å². The van der Waals surface area contributed by atoms with Crippen LogP contribution in [0, 0.1) is 0 Å². The molecule has 78 valence electrons. The molecule has 0 radical (unpaired) electrons. The lowest BCUT2D eigenvalue weighted by atomic mass is 9.97. The first-order valence-corrected chi connectivity index (χ1v) is 5.63. The highest BCUT2D eigenvalue weighted by atomic mass is 14.7. The lowest BCUT2D eigenvalue weighted by molar-refractivity contribution is 0.830. The van der Waals surface area contributed by atoms with Gasteiger partial charge in [0.05, 0.1) is 6.54 Å². The number of hydrogen-bond donors (Lipinski definition) is 0. The Morgan fingerprint density at radius 1 is 1.14 bits per heavy atom. The number of allylic oxidation sites excluding steroid dienone is 3. The van der Waals surface area contributed by atoms with Gasteiger partial charge >= 0.3 is 0 Å². The van der Waals surface area contributed by atoms with E-state index >= 15 is 0 Å². The van der Waals surface area contributed by atoms with Crippen LogP contribution in [0.15, 0.2) is 27.8 Å². The Bertz CT molecular complexity index is 269. The first-order valence-electron chi connectivity index (χ1n) is 5.63. The molecule has 0 saturated carbocycles. The molecule has 0 unspecified atom stereocenters. The zero-order valence-corrected chi connectivity index (χ0v) is 9.64. The van der Waals surface area contributed by atoms with Crippen molar-refractivity contribution in [1.82, 2.24) is 0 Å². The van der Waals surface area contributed by atoms with Crippen LogP contribution in [0.4, 0.5) is 0 Å². The molecule has 14 heavy (non-hydrogen) atoms. The summed E-state index contributed by atoms with van der Waals surface area (Å²) >= 11 is 0. The minimum absolute atomic E-state index is 0.906. The molecule has 1 heterocycles. The predicted molar refractivity (Wildman–Crippen MR) is 64.0 cm³/mol. The summed E-state index contributed by atoms with van der Waals surface area (Å²) in [5.74, 6) is 0. The SMILES string of the molecule is CC/C1=C(\CC)C/N=C\C=C(\C)CC1. The van der Waals surface area contributed by atoms with E-state index in [1.807, 2.05) is 6.21 Å². The van der Waals surface area contributed by atoms with Gasteiger partial charge < -0.3 is 0 Å². The van der Waals surface area contributed by atoms with Gasteiger partial charge in [-0.2, -0.15) is 0 Å². The number of rotatable bonds is 2. The van der Waals surface area contributed by atoms with Crippen LogP contribution in [0.2, 0.25) is 0 Å². The van der Waals surface area contributed by atoms with E-state index in [0.717, 1.165) is 13.0 Å². The van der Waals surface area contributed by atoms with E-state index in [1.54, 1.807) is 11.1 Å². The molecule has 1 aliphatic heterocycles. The Morgan fingerprint density at radius 3 is 2.50 bits per heavy atom.